The van der Waals surface area contributed by atoms with E-state index in [0.29, 0.717) is 6.54 Å². The van der Waals surface area contributed by atoms with Crippen molar-refractivity contribution in [1.82, 2.24) is 10.6 Å². The van der Waals surface area contributed by atoms with E-state index in [1.54, 1.807) is 0 Å². The summed E-state index contributed by atoms with van der Waals surface area (Å²) in [5.41, 5.74) is 1.22. The third-order valence-corrected chi connectivity index (χ3v) is 3.06. The van der Waals surface area contributed by atoms with Gasteiger partial charge in [0.15, 0.2) is 0 Å². The molecule has 1 atom stereocenters. The van der Waals surface area contributed by atoms with Crippen molar-refractivity contribution in [3.63, 3.8) is 0 Å². The van der Waals surface area contributed by atoms with Gasteiger partial charge in [-0.25, -0.2) is 0 Å². The van der Waals surface area contributed by atoms with E-state index in [-0.39, 0.29) is 11.9 Å². The molecule has 2 N–H and O–H groups in total. The van der Waals surface area contributed by atoms with Gasteiger partial charge in [-0.1, -0.05) is 18.2 Å². The SMILES string of the molecule is CCNC(=O)C(C)NCCCN(C)c1ccccc1. The van der Waals surface area contributed by atoms with Gasteiger partial charge in [0.1, 0.15) is 0 Å². The van der Waals surface area contributed by atoms with Gasteiger partial charge >= 0.3 is 0 Å². The van der Waals surface area contributed by atoms with E-state index in [9.17, 15) is 4.79 Å². The second-order valence-corrected chi connectivity index (χ2v) is 4.68. The Hall–Kier alpha value is -1.55. The fourth-order valence-corrected chi connectivity index (χ4v) is 1.87. The van der Waals surface area contributed by atoms with Crippen LogP contribution in [0, 0.1) is 0 Å². The number of nitrogens with zero attached hydrogens (tertiary/aromatic N) is 1. The zero-order valence-corrected chi connectivity index (χ0v) is 12.1. The first kappa shape index (κ1) is 15.5. The van der Waals surface area contributed by atoms with Crippen LogP contribution in [-0.4, -0.2) is 38.6 Å². The second kappa shape index (κ2) is 8.53. The number of nitrogens with one attached hydrogen (secondary N) is 2. The maximum atomic E-state index is 11.5. The van der Waals surface area contributed by atoms with Crippen LogP contribution < -0.4 is 15.5 Å². The Kier molecular flexibility index (Phi) is 6.97. The minimum Gasteiger partial charge on any atom is -0.375 e. The fraction of sp³-hybridized carbons (Fsp3) is 0.533. The summed E-state index contributed by atoms with van der Waals surface area (Å²) in [6.07, 6.45) is 1.01. The molecule has 0 aliphatic heterocycles. The molecule has 0 radical (unpaired) electrons. The third kappa shape index (κ3) is 5.75. The van der Waals surface area contributed by atoms with E-state index < -0.39 is 0 Å². The number of benzene rings is 1. The lowest BCUT2D eigenvalue weighted by Crippen LogP contribution is -2.42. The van der Waals surface area contributed by atoms with Gasteiger partial charge < -0.3 is 15.5 Å². The minimum absolute atomic E-state index is 0.0684. The van der Waals surface area contributed by atoms with Crippen molar-refractivity contribution in [2.24, 2.45) is 0 Å². The average Bonchev–Trinajstić information content (AvgIpc) is 2.44. The van der Waals surface area contributed by atoms with Crippen LogP contribution in [0.5, 0.6) is 0 Å². The minimum atomic E-state index is -0.123. The molecule has 0 heterocycles. The molecular formula is C15H25N3O. The molecule has 4 nitrogen and oxygen atoms in total. The molecule has 1 rings (SSSR count). The van der Waals surface area contributed by atoms with Gasteiger partial charge in [0.2, 0.25) is 5.91 Å². The molecule has 0 fully saturated rings. The monoisotopic (exact) mass is 263 g/mol. The van der Waals surface area contributed by atoms with Crippen molar-refractivity contribution in [2.75, 3.05) is 31.6 Å². The normalized spacial score (nSPS) is 11.9. The molecule has 0 aliphatic rings. The van der Waals surface area contributed by atoms with Crippen LogP contribution in [0.15, 0.2) is 30.3 Å². The lowest BCUT2D eigenvalue weighted by atomic mass is 10.2. The van der Waals surface area contributed by atoms with Crippen molar-refractivity contribution in [3.05, 3.63) is 30.3 Å². The number of carbonyl (C=O) groups excluding carboxylic acids is 1. The largest absolute Gasteiger partial charge is 0.375 e. The number of likely N-dealkylation sites (N-methyl/N-ethyl adjacent to an activating group) is 1. The van der Waals surface area contributed by atoms with Gasteiger partial charge in [-0.05, 0) is 38.9 Å². The third-order valence-electron chi connectivity index (χ3n) is 3.06. The van der Waals surface area contributed by atoms with Crippen LogP contribution in [0.2, 0.25) is 0 Å². The molecule has 19 heavy (non-hydrogen) atoms. The Morgan fingerprint density at radius 2 is 2.00 bits per heavy atom. The van der Waals surface area contributed by atoms with Gasteiger partial charge in [-0.2, -0.15) is 0 Å². The predicted molar refractivity (Wildman–Crippen MR) is 80.5 cm³/mol. The smallest absolute Gasteiger partial charge is 0.236 e. The van der Waals surface area contributed by atoms with Gasteiger partial charge in [0, 0.05) is 25.8 Å². The first-order valence-corrected chi connectivity index (χ1v) is 6.92. The van der Waals surface area contributed by atoms with E-state index in [4.69, 9.17) is 0 Å². The fourth-order valence-electron chi connectivity index (χ4n) is 1.87. The molecule has 0 aromatic heterocycles. The van der Waals surface area contributed by atoms with Gasteiger partial charge in [-0.15, -0.1) is 0 Å². The highest BCUT2D eigenvalue weighted by atomic mass is 16.2. The van der Waals surface area contributed by atoms with E-state index >= 15 is 0 Å². The first-order valence-electron chi connectivity index (χ1n) is 6.92. The van der Waals surface area contributed by atoms with Crippen LogP contribution >= 0.6 is 0 Å². The summed E-state index contributed by atoms with van der Waals surface area (Å²) >= 11 is 0. The molecule has 0 bridgehead atoms. The summed E-state index contributed by atoms with van der Waals surface area (Å²) in [6.45, 7) is 6.32. The zero-order valence-electron chi connectivity index (χ0n) is 12.1. The number of carbonyl (C=O) groups is 1. The van der Waals surface area contributed by atoms with Crippen molar-refractivity contribution in [3.8, 4) is 0 Å². The van der Waals surface area contributed by atoms with Crippen LogP contribution in [0.1, 0.15) is 20.3 Å². The van der Waals surface area contributed by atoms with Crippen LogP contribution in [0.25, 0.3) is 0 Å². The number of rotatable bonds is 8. The highest BCUT2D eigenvalue weighted by Gasteiger charge is 2.09. The quantitative estimate of drug-likeness (QED) is 0.701. The summed E-state index contributed by atoms with van der Waals surface area (Å²) < 4.78 is 0. The molecule has 0 saturated carbocycles. The molecule has 0 spiro atoms. The highest BCUT2D eigenvalue weighted by Crippen LogP contribution is 2.10. The van der Waals surface area contributed by atoms with Crippen molar-refractivity contribution in [1.29, 1.82) is 0 Å². The number of anilines is 1. The Morgan fingerprint density at radius 3 is 2.63 bits per heavy atom. The van der Waals surface area contributed by atoms with E-state index in [1.807, 2.05) is 32.0 Å². The number of amides is 1. The maximum absolute atomic E-state index is 11.5. The Morgan fingerprint density at radius 1 is 1.32 bits per heavy atom. The van der Waals surface area contributed by atoms with E-state index in [0.717, 1.165) is 19.5 Å². The predicted octanol–water partition coefficient (Wildman–Crippen LogP) is 1.63. The number of para-hydroxylation sites is 1. The molecule has 0 saturated heterocycles. The van der Waals surface area contributed by atoms with Gasteiger partial charge in [-0.3, -0.25) is 4.79 Å². The summed E-state index contributed by atoms with van der Waals surface area (Å²) in [4.78, 5) is 13.7. The lowest BCUT2D eigenvalue weighted by Gasteiger charge is -2.20. The second-order valence-electron chi connectivity index (χ2n) is 4.68. The number of hydrogen-bond donors (Lipinski definition) is 2. The molecular weight excluding hydrogens is 238 g/mol. The van der Waals surface area contributed by atoms with Gasteiger partial charge in [0.05, 0.1) is 6.04 Å². The Labute approximate surface area is 116 Å². The highest BCUT2D eigenvalue weighted by molar-refractivity contribution is 5.81. The summed E-state index contributed by atoms with van der Waals surface area (Å²) in [6, 6.07) is 10.2. The Balaban J connectivity index is 2.19. The number of hydrogen-bond acceptors (Lipinski definition) is 3. The van der Waals surface area contributed by atoms with Crippen LogP contribution in [0.3, 0.4) is 0 Å². The Bertz CT molecular complexity index is 367. The molecule has 0 aliphatic carbocycles. The molecule has 1 aromatic carbocycles. The maximum Gasteiger partial charge on any atom is 0.236 e. The summed E-state index contributed by atoms with van der Waals surface area (Å²) in [7, 11) is 2.09. The molecule has 1 amide bonds. The average molecular weight is 263 g/mol. The molecule has 106 valence electrons. The van der Waals surface area contributed by atoms with Crippen molar-refractivity contribution >= 4 is 11.6 Å². The summed E-state index contributed by atoms with van der Waals surface area (Å²) in [5.74, 6) is 0.0684. The molecule has 1 unspecified atom stereocenters. The van der Waals surface area contributed by atoms with E-state index in [2.05, 4.69) is 34.7 Å². The van der Waals surface area contributed by atoms with Gasteiger partial charge in [0.25, 0.3) is 0 Å². The van der Waals surface area contributed by atoms with Crippen molar-refractivity contribution < 1.29 is 4.79 Å². The summed E-state index contributed by atoms with van der Waals surface area (Å²) in [5, 5.41) is 6.04. The molecule has 4 heteroatoms. The van der Waals surface area contributed by atoms with Crippen molar-refractivity contribution in [2.45, 2.75) is 26.3 Å². The lowest BCUT2D eigenvalue weighted by molar-refractivity contribution is -0.122. The van der Waals surface area contributed by atoms with Crippen LogP contribution in [-0.2, 0) is 4.79 Å². The standard InChI is InChI=1S/C15H25N3O/c1-4-16-15(19)13(2)17-11-8-12-18(3)14-9-6-5-7-10-14/h5-7,9-10,13,17H,4,8,11-12H2,1-3H3,(H,16,19). The first-order chi connectivity index (χ1) is 9.15. The zero-order chi connectivity index (χ0) is 14.1. The molecule has 1 aromatic rings. The topological polar surface area (TPSA) is 44.4 Å². The van der Waals surface area contributed by atoms with Crippen LogP contribution in [0.4, 0.5) is 5.69 Å². The van der Waals surface area contributed by atoms with E-state index in [1.165, 1.54) is 5.69 Å².